The van der Waals surface area contributed by atoms with Gasteiger partial charge in [0.1, 0.15) is 5.82 Å². The third-order valence-corrected chi connectivity index (χ3v) is 4.01. The number of likely N-dealkylation sites (N-methyl/N-ethyl adjacent to an activating group) is 1. The van der Waals surface area contributed by atoms with Gasteiger partial charge >= 0.3 is 0 Å². The number of nitrogens with two attached hydrogens (primary N) is 1. The van der Waals surface area contributed by atoms with E-state index in [0.29, 0.717) is 5.69 Å². The van der Waals surface area contributed by atoms with Crippen molar-refractivity contribution in [2.75, 3.05) is 43.9 Å². The van der Waals surface area contributed by atoms with Crippen LogP contribution >= 0.6 is 0 Å². The average molecular weight is 299 g/mol. The van der Waals surface area contributed by atoms with Crippen LogP contribution in [0.1, 0.15) is 5.56 Å². The number of hydrogen-bond donors (Lipinski definition) is 2. The maximum Gasteiger partial charge on any atom is 0.222 e. The van der Waals surface area contributed by atoms with Gasteiger partial charge in [-0.15, -0.1) is 0 Å². The van der Waals surface area contributed by atoms with E-state index in [2.05, 4.69) is 26.8 Å². The maximum absolute atomic E-state index is 9.88. The molecule has 1 aliphatic rings. The van der Waals surface area contributed by atoms with E-state index in [-0.39, 0.29) is 12.6 Å². The summed E-state index contributed by atoms with van der Waals surface area (Å²) in [5, 5.41) is 9.88. The lowest BCUT2D eigenvalue weighted by atomic mass is 10.1. The van der Waals surface area contributed by atoms with Crippen molar-refractivity contribution >= 4 is 11.8 Å². The van der Waals surface area contributed by atoms with Crippen molar-refractivity contribution in [3.8, 4) is 11.3 Å². The molecule has 1 aromatic carbocycles. The summed E-state index contributed by atoms with van der Waals surface area (Å²) >= 11 is 0. The standard InChI is InChI=1S/C16H21N5O/c1-20-7-9-21(10-8-20)15-13(11-22)14(18-16(17)19-15)12-5-3-2-4-6-12/h2-6,22H,7-11H2,1H3,(H2,17,18,19). The van der Waals surface area contributed by atoms with E-state index in [1.165, 1.54) is 0 Å². The van der Waals surface area contributed by atoms with Gasteiger partial charge in [-0.1, -0.05) is 30.3 Å². The highest BCUT2D eigenvalue weighted by Gasteiger charge is 2.22. The molecular formula is C16H21N5O. The summed E-state index contributed by atoms with van der Waals surface area (Å²) in [5.41, 5.74) is 8.31. The topological polar surface area (TPSA) is 78.5 Å². The van der Waals surface area contributed by atoms with Gasteiger partial charge in [0.15, 0.2) is 0 Å². The van der Waals surface area contributed by atoms with Crippen LogP contribution in [-0.4, -0.2) is 53.2 Å². The zero-order valence-electron chi connectivity index (χ0n) is 12.7. The first-order chi connectivity index (χ1) is 10.7. The molecule has 3 rings (SSSR count). The van der Waals surface area contributed by atoms with Crippen molar-refractivity contribution in [3.63, 3.8) is 0 Å². The van der Waals surface area contributed by atoms with E-state index in [1.807, 2.05) is 30.3 Å². The molecule has 1 aliphatic heterocycles. The van der Waals surface area contributed by atoms with Crippen LogP contribution in [-0.2, 0) is 6.61 Å². The number of anilines is 2. The Labute approximate surface area is 130 Å². The Hall–Kier alpha value is -2.18. The van der Waals surface area contributed by atoms with Crippen LogP contribution in [0.15, 0.2) is 30.3 Å². The van der Waals surface area contributed by atoms with E-state index >= 15 is 0 Å². The first-order valence-electron chi connectivity index (χ1n) is 7.45. The summed E-state index contributed by atoms with van der Waals surface area (Å²) in [4.78, 5) is 13.2. The van der Waals surface area contributed by atoms with Crippen molar-refractivity contribution < 1.29 is 5.11 Å². The number of aromatic nitrogens is 2. The molecule has 1 fully saturated rings. The van der Waals surface area contributed by atoms with Crippen molar-refractivity contribution in [1.29, 1.82) is 0 Å². The van der Waals surface area contributed by atoms with Gasteiger partial charge < -0.3 is 20.6 Å². The Morgan fingerprint density at radius 3 is 2.41 bits per heavy atom. The minimum atomic E-state index is -0.105. The molecule has 116 valence electrons. The highest BCUT2D eigenvalue weighted by atomic mass is 16.3. The average Bonchev–Trinajstić information content (AvgIpc) is 2.55. The number of nitrogens with zero attached hydrogens (tertiary/aromatic N) is 4. The summed E-state index contributed by atoms with van der Waals surface area (Å²) < 4.78 is 0. The SMILES string of the molecule is CN1CCN(c2nc(N)nc(-c3ccccc3)c2CO)CC1. The lowest BCUT2D eigenvalue weighted by Crippen LogP contribution is -2.45. The Balaban J connectivity index is 2.05. The Morgan fingerprint density at radius 1 is 1.09 bits per heavy atom. The van der Waals surface area contributed by atoms with Crippen molar-refractivity contribution in [3.05, 3.63) is 35.9 Å². The van der Waals surface area contributed by atoms with E-state index in [0.717, 1.165) is 43.1 Å². The van der Waals surface area contributed by atoms with Gasteiger partial charge in [0.05, 0.1) is 12.3 Å². The predicted molar refractivity (Wildman–Crippen MR) is 87.5 cm³/mol. The van der Waals surface area contributed by atoms with E-state index in [1.54, 1.807) is 0 Å². The molecule has 22 heavy (non-hydrogen) atoms. The van der Waals surface area contributed by atoms with Gasteiger partial charge in [-0.3, -0.25) is 0 Å². The fraction of sp³-hybridized carbons (Fsp3) is 0.375. The van der Waals surface area contributed by atoms with E-state index < -0.39 is 0 Å². The summed E-state index contributed by atoms with van der Waals surface area (Å²) in [6.07, 6.45) is 0. The van der Waals surface area contributed by atoms with Crippen LogP contribution in [0.5, 0.6) is 0 Å². The third kappa shape index (κ3) is 2.88. The minimum Gasteiger partial charge on any atom is -0.391 e. The van der Waals surface area contributed by atoms with Gasteiger partial charge in [-0.2, -0.15) is 4.98 Å². The molecule has 0 saturated carbocycles. The minimum absolute atomic E-state index is 0.105. The van der Waals surface area contributed by atoms with Crippen LogP contribution in [0.3, 0.4) is 0 Å². The van der Waals surface area contributed by atoms with Gasteiger partial charge in [0, 0.05) is 37.3 Å². The van der Waals surface area contributed by atoms with Gasteiger partial charge in [-0.05, 0) is 7.05 Å². The molecule has 2 heterocycles. The lowest BCUT2D eigenvalue weighted by molar-refractivity contribution is 0.279. The molecule has 2 aromatic rings. The van der Waals surface area contributed by atoms with Gasteiger partial charge in [0.2, 0.25) is 5.95 Å². The fourth-order valence-corrected chi connectivity index (χ4v) is 2.75. The zero-order chi connectivity index (χ0) is 15.5. The summed E-state index contributed by atoms with van der Waals surface area (Å²) in [6.45, 7) is 3.57. The molecule has 6 nitrogen and oxygen atoms in total. The predicted octanol–water partition coefficient (Wildman–Crippen LogP) is 0.970. The Bertz CT molecular complexity index is 638. The quantitative estimate of drug-likeness (QED) is 0.879. The van der Waals surface area contributed by atoms with E-state index in [9.17, 15) is 5.11 Å². The molecular weight excluding hydrogens is 278 g/mol. The highest BCUT2D eigenvalue weighted by molar-refractivity contribution is 5.70. The first kappa shape index (κ1) is 14.7. The molecule has 1 aromatic heterocycles. The fourth-order valence-electron chi connectivity index (χ4n) is 2.75. The number of piperazine rings is 1. The molecule has 0 bridgehead atoms. The van der Waals surface area contributed by atoms with Crippen LogP contribution in [0.4, 0.5) is 11.8 Å². The second-order valence-electron chi connectivity index (χ2n) is 5.55. The molecule has 0 radical (unpaired) electrons. The molecule has 1 saturated heterocycles. The monoisotopic (exact) mass is 299 g/mol. The Kier molecular flexibility index (Phi) is 4.22. The van der Waals surface area contributed by atoms with Gasteiger partial charge in [-0.25, -0.2) is 4.98 Å². The number of rotatable bonds is 3. The Morgan fingerprint density at radius 2 is 1.77 bits per heavy atom. The zero-order valence-corrected chi connectivity index (χ0v) is 12.7. The van der Waals surface area contributed by atoms with Crippen molar-refractivity contribution in [2.24, 2.45) is 0 Å². The summed E-state index contributed by atoms with van der Waals surface area (Å²) in [7, 11) is 2.11. The maximum atomic E-state index is 9.88. The van der Waals surface area contributed by atoms with Gasteiger partial charge in [0.25, 0.3) is 0 Å². The van der Waals surface area contributed by atoms with Crippen LogP contribution < -0.4 is 10.6 Å². The number of aliphatic hydroxyl groups excluding tert-OH is 1. The molecule has 3 N–H and O–H groups in total. The number of aliphatic hydroxyl groups is 1. The number of nitrogen functional groups attached to an aromatic ring is 1. The normalized spacial score (nSPS) is 16.0. The number of benzene rings is 1. The third-order valence-electron chi connectivity index (χ3n) is 4.01. The van der Waals surface area contributed by atoms with Crippen molar-refractivity contribution in [2.45, 2.75) is 6.61 Å². The number of hydrogen-bond acceptors (Lipinski definition) is 6. The molecule has 6 heteroatoms. The van der Waals surface area contributed by atoms with Crippen LogP contribution in [0, 0.1) is 0 Å². The molecule has 0 amide bonds. The van der Waals surface area contributed by atoms with E-state index in [4.69, 9.17) is 5.73 Å². The first-order valence-corrected chi connectivity index (χ1v) is 7.45. The molecule has 0 aliphatic carbocycles. The molecule has 0 spiro atoms. The largest absolute Gasteiger partial charge is 0.391 e. The summed E-state index contributed by atoms with van der Waals surface area (Å²) in [5.74, 6) is 0.993. The summed E-state index contributed by atoms with van der Waals surface area (Å²) in [6, 6.07) is 9.78. The van der Waals surface area contributed by atoms with Crippen molar-refractivity contribution in [1.82, 2.24) is 14.9 Å². The highest BCUT2D eigenvalue weighted by Crippen LogP contribution is 2.29. The smallest absolute Gasteiger partial charge is 0.222 e. The second-order valence-corrected chi connectivity index (χ2v) is 5.55. The molecule has 0 unspecified atom stereocenters. The lowest BCUT2D eigenvalue weighted by Gasteiger charge is -2.34. The second kappa shape index (κ2) is 6.29. The van der Waals surface area contributed by atoms with Crippen LogP contribution in [0.2, 0.25) is 0 Å². The van der Waals surface area contributed by atoms with Crippen LogP contribution in [0.25, 0.3) is 11.3 Å². The molecule has 0 atom stereocenters.